The molecule has 1 aliphatic rings. The zero-order chi connectivity index (χ0) is 19.4. The Hall–Kier alpha value is -1.52. The van der Waals surface area contributed by atoms with Gasteiger partial charge in [0.15, 0.2) is 0 Å². The fourth-order valence-corrected chi connectivity index (χ4v) is 4.77. The van der Waals surface area contributed by atoms with Crippen molar-refractivity contribution in [2.24, 2.45) is 18.9 Å². The van der Waals surface area contributed by atoms with Gasteiger partial charge in [-0.25, -0.2) is 0 Å². The highest BCUT2D eigenvalue weighted by molar-refractivity contribution is 5.86. The summed E-state index contributed by atoms with van der Waals surface area (Å²) in [4.78, 5) is 14.8. The Morgan fingerprint density at radius 3 is 2.57 bits per heavy atom. The van der Waals surface area contributed by atoms with Crippen molar-refractivity contribution < 1.29 is 4.79 Å². The lowest BCUT2D eigenvalue weighted by Crippen LogP contribution is -2.39. The van der Waals surface area contributed by atoms with Crippen LogP contribution in [-0.4, -0.2) is 41.6 Å². The average molecular weight is 406 g/mol. The molecule has 2 heterocycles. The standard InChI is InChI=1S/C23H35N3O.ClH/c1-17-14-18(2)16-26(15-17)13-7-10-23(27)24-12-11-20-19(3)25(4)22-9-6-5-8-21(20)22;/h5-6,8-9,17-18H,7,10-16H2,1-4H3,(H,24,27);1H. The van der Waals surface area contributed by atoms with Crippen LogP contribution < -0.4 is 5.32 Å². The van der Waals surface area contributed by atoms with E-state index in [2.05, 4.69) is 66.9 Å². The molecule has 0 bridgehead atoms. The second kappa shape index (κ2) is 10.3. The lowest BCUT2D eigenvalue weighted by Gasteiger charge is -2.34. The monoisotopic (exact) mass is 405 g/mol. The first-order valence-electron chi connectivity index (χ1n) is 10.5. The van der Waals surface area contributed by atoms with E-state index in [0.717, 1.165) is 31.2 Å². The van der Waals surface area contributed by atoms with Crippen molar-refractivity contribution in [3.63, 3.8) is 0 Å². The highest BCUT2D eigenvalue weighted by atomic mass is 35.5. The van der Waals surface area contributed by atoms with E-state index in [4.69, 9.17) is 0 Å². The smallest absolute Gasteiger partial charge is 0.220 e. The molecule has 3 rings (SSSR count). The molecule has 1 N–H and O–H groups in total. The molecule has 2 aromatic rings. The third-order valence-electron chi connectivity index (χ3n) is 6.05. The summed E-state index contributed by atoms with van der Waals surface area (Å²) >= 11 is 0. The number of nitrogens with one attached hydrogen (secondary N) is 1. The minimum Gasteiger partial charge on any atom is -0.356 e. The molecule has 2 unspecified atom stereocenters. The molecule has 1 aliphatic heterocycles. The van der Waals surface area contributed by atoms with Crippen LogP contribution in [0.1, 0.15) is 44.4 Å². The summed E-state index contributed by atoms with van der Waals surface area (Å²) in [6.07, 6.45) is 3.82. The van der Waals surface area contributed by atoms with Gasteiger partial charge in [0.25, 0.3) is 0 Å². The Balaban J connectivity index is 0.00000280. The average Bonchev–Trinajstić information content (AvgIpc) is 2.86. The number of aryl methyl sites for hydroxylation is 1. The normalized spacial score (nSPS) is 20.1. The van der Waals surface area contributed by atoms with E-state index in [9.17, 15) is 4.79 Å². The number of halogens is 1. The number of hydrogen-bond acceptors (Lipinski definition) is 2. The summed E-state index contributed by atoms with van der Waals surface area (Å²) in [7, 11) is 2.11. The van der Waals surface area contributed by atoms with Crippen molar-refractivity contribution >= 4 is 29.2 Å². The predicted octanol–water partition coefficient (Wildman–Crippen LogP) is 4.33. The number of para-hydroxylation sites is 1. The first-order chi connectivity index (χ1) is 13.0. The van der Waals surface area contributed by atoms with Crippen molar-refractivity contribution in [3.05, 3.63) is 35.5 Å². The second-order valence-electron chi connectivity index (χ2n) is 8.55. The van der Waals surface area contributed by atoms with Crippen molar-refractivity contribution in [2.45, 2.75) is 46.5 Å². The number of amides is 1. The Morgan fingerprint density at radius 2 is 1.86 bits per heavy atom. The quantitative estimate of drug-likeness (QED) is 0.744. The molecule has 0 aliphatic carbocycles. The van der Waals surface area contributed by atoms with E-state index in [-0.39, 0.29) is 18.3 Å². The number of benzene rings is 1. The number of fused-ring (bicyclic) bond motifs is 1. The van der Waals surface area contributed by atoms with E-state index in [1.165, 1.54) is 41.7 Å². The summed E-state index contributed by atoms with van der Waals surface area (Å²) < 4.78 is 2.24. The molecule has 4 nitrogen and oxygen atoms in total. The number of likely N-dealkylation sites (tertiary alicyclic amines) is 1. The molecular weight excluding hydrogens is 370 g/mol. The molecule has 1 amide bonds. The fraction of sp³-hybridized carbons (Fsp3) is 0.609. The van der Waals surface area contributed by atoms with Gasteiger partial charge in [-0.3, -0.25) is 4.79 Å². The third kappa shape index (κ3) is 5.51. The molecule has 1 aromatic heterocycles. The largest absolute Gasteiger partial charge is 0.356 e. The van der Waals surface area contributed by atoms with Crippen LogP contribution in [0.3, 0.4) is 0 Å². The molecule has 1 aromatic carbocycles. The molecule has 1 fully saturated rings. The molecule has 156 valence electrons. The molecular formula is C23H36ClN3O. The Morgan fingerprint density at radius 1 is 1.18 bits per heavy atom. The van der Waals surface area contributed by atoms with E-state index < -0.39 is 0 Å². The lowest BCUT2D eigenvalue weighted by molar-refractivity contribution is -0.121. The SMILES string of the molecule is Cc1c(CCNC(=O)CCCN2CC(C)CC(C)C2)c2ccccc2n1C.Cl. The van der Waals surface area contributed by atoms with Crippen LogP contribution in [0.2, 0.25) is 0 Å². The maximum atomic E-state index is 12.2. The van der Waals surface area contributed by atoms with Gasteiger partial charge in [-0.15, -0.1) is 12.4 Å². The van der Waals surface area contributed by atoms with Gasteiger partial charge in [0.1, 0.15) is 0 Å². The van der Waals surface area contributed by atoms with Crippen LogP contribution in [0.4, 0.5) is 0 Å². The molecule has 5 heteroatoms. The highest BCUT2D eigenvalue weighted by Gasteiger charge is 2.21. The van der Waals surface area contributed by atoms with Gasteiger partial charge in [0.2, 0.25) is 5.91 Å². The van der Waals surface area contributed by atoms with Crippen LogP contribution in [0.15, 0.2) is 24.3 Å². The van der Waals surface area contributed by atoms with Gasteiger partial charge in [-0.2, -0.15) is 0 Å². The topological polar surface area (TPSA) is 37.3 Å². The highest BCUT2D eigenvalue weighted by Crippen LogP contribution is 2.25. The first kappa shape index (κ1) is 22.8. The van der Waals surface area contributed by atoms with Crippen molar-refractivity contribution in [1.82, 2.24) is 14.8 Å². The van der Waals surface area contributed by atoms with E-state index in [0.29, 0.717) is 13.0 Å². The summed E-state index contributed by atoms with van der Waals surface area (Å²) in [5.41, 5.74) is 3.91. The van der Waals surface area contributed by atoms with Gasteiger partial charge in [-0.1, -0.05) is 32.0 Å². The van der Waals surface area contributed by atoms with Crippen LogP contribution in [0.5, 0.6) is 0 Å². The first-order valence-corrected chi connectivity index (χ1v) is 10.5. The summed E-state index contributed by atoms with van der Waals surface area (Å²) in [6, 6.07) is 8.51. The summed E-state index contributed by atoms with van der Waals surface area (Å²) in [5, 5.41) is 4.43. The van der Waals surface area contributed by atoms with Crippen LogP contribution in [-0.2, 0) is 18.3 Å². The summed E-state index contributed by atoms with van der Waals surface area (Å²) in [5.74, 6) is 1.75. The van der Waals surface area contributed by atoms with Gasteiger partial charge >= 0.3 is 0 Å². The minimum absolute atomic E-state index is 0. The maximum absolute atomic E-state index is 12.2. The van der Waals surface area contributed by atoms with Gasteiger partial charge < -0.3 is 14.8 Å². The minimum atomic E-state index is 0. The molecule has 0 saturated carbocycles. The van der Waals surface area contributed by atoms with Crippen molar-refractivity contribution in [1.29, 1.82) is 0 Å². The van der Waals surface area contributed by atoms with E-state index in [1.54, 1.807) is 0 Å². The number of carbonyl (C=O) groups excluding carboxylic acids is 1. The number of nitrogens with zero attached hydrogens (tertiary/aromatic N) is 2. The van der Waals surface area contributed by atoms with E-state index in [1.807, 2.05) is 0 Å². The third-order valence-corrected chi connectivity index (χ3v) is 6.05. The van der Waals surface area contributed by atoms with Crippen LogP contribution in [0.25, 0.3) is 10.9 Å². The second-order valence-corrected chi connectivity index (χ2v) is 8.55. The number of carbonyl (C=O) groups is 1. The van der Waals surface area contributed by atoms with Gasteiger partial charge in [-0.05, 0) is 56.2 Å². The van der Waals surface area contributed by atoms with Crippen LogP contribution in [0, 0.1) is 18.8 Å². The number of hydrogen-bond donors (Lipinski definition) is 1. The van der Waals surface area contributed by atoms with Crippen molar-refractivity contribution in [3.8, 4) is 0 Å². The Bertz CT molecular complexity index is 775. The fourth-order valence-electron chi connectivity index (χ4n) is 4.77. The maximum Gasteiger partial charge on any atom is 0.220 e. The number of rotatable bonds is 7. The lowest BCUT2D eigenvalue weighted by atomic mass is 9.92. The number of piperidine rings is 1. The Labute approximate surface area is 176 Å². The van der Waals surface area contributed by atoms with E-state index >= 15 is 0 Å². The van der Waals surface area contributed by atoms with Crippen LogP contribution >= 0.6 is 12.4 Å². The molecule has 1 saturated heterocycles. The number of aromatic nitrogens is 1. The molecule has 0 spiro atoms. The summed E-state index contributed by atoms with van der Waals surface area (Å²) in [6.45, 7) is 11.0. The van der Waals surface area contributed by atoms with Gasteiger partial charge in [0, 0.05) is 49.7 Å². The van der Waals surface area contributed by atoms with Crippen molar-refractivity contribution in [2.75, 3.05) is 26.2 Å². The molecule has 2 atom stereocenters. The zero-order valence-electron chi connectivity index (χ0n) is 17.8. The molecule has 28 heavy (non-hydrogen) atoms. The zero-order valence-corrected chi connectivity index (χ0v) is 18.6. The predicted molar refractivity (Wildman–Crippen MR) is 120 cm³/mol. The van der Waals surface area contributed by atoms with Gasteiger partial charge in [0.05, 0.1) is 0 Å². The molecule has 0 radical (unpaired) electrons. The Kier molecular flexibility index (Phi) is 8.38.